The normalized spacial score (nSPS) is 24.5. The van der Waals surface area contributed by atoms with Crippen molar-refractivity contribution in [3.05, 3.63) is 24.0 Å². The molecule has 0 radical (unpaired) electrons. The van der Waals surface area contributed by atoms with Gasteiger partial charge in [0.2, 0.25) is 11.8 Å². The Morgan fingerprint density at radius 1 is 1.09 bits per heavy atom. The molecule has 2 amide bonds. The van der Waals surface area contributed by atoms with Crippen LogP contribution in [0.25, 0.3) is 0 Å². The maximum absolute atomic E-state index is 13.9. The number of anilines is 1. The number of ether oxygens (including phenoxy) is 1. The van der Waals surface area contributed by atoms with E-state index in [1.165, 1.54) is 17.4 Å². The minimum absolute atomic E-state index is 0.0487. The first-order valence-corrected chi connectivity index (χ1v) is 12.5. The van der Waals surface area contributed by atoms with Crippen LogP contribution in [0.4, 0.5) is 10.1 Å². The molecule has 1 aromatic rings. The van der Waals surface area contributed by atoms with Crippen molar-refractivity contribution in [2.75, 3.05) is 50.8 Å². The Hall–Kier alpha value is -2.19. The van der Waals surface area contributed by atoms with Crippen molar-refractivity contribution in [1.29, 1.82) is 0 Å². The molecule has 2 aliphatic heterocycles. The molecule has 33 heavy (non-hydrogen) atoms. The van der Waals surface area contributed by atoms with E-state index in [-0.39, 0.29) is 29.6 Å². The minimum Gasteiger partial charge on any atom is -0.491 e. The molecule has 2 heterocycles. The molecule has 0 bridgehead atoms. The predicted octanol–water partition coefficient (Wildman–Crippen LogP) is 2.64. The molecule has 2 unspecified atom stereocenters. The van der Waals surface area contributed by atoms with Crippen LogP contribution in [0.15, 0.2) is 18.2 Å². The van der Waals surface area contributed by atoms with Gasteiger partial charge in [0.25, 0.3) is 0 Å². The van der Waals surface area contributed by atoms with Crippen molar-refractivity contribution in [1.82, 2.24) is 15.1 Å². The number of nitrogens with one attached hydrogen (secondary N) is 1. The van der Waals surface area contributed by atoms with Crippen LogP contribution in [0, 0.1) is 11.7 Å². The molecular weight excluding hydrogens is 423 g/mol. The molecule has 7 nitrogen and oxygen atoms in total. The van der Waals surface area contributed by atoms with Gasteiger partial charge in [-0.15, -0.1) is 0 Å². The highest BCUT2D eigenvalue weighted by atomic mass is 19.1. The first-order valence-electron chi connectivity index (χ1n) is 12.5. The van der Waals surface area contributed by atoms with Crippen LogP contribution >= 0.6 is 0 Å². The number of imide groups is 1. The summed E-state index contributed by atoms with van der Waals surface area (Å²) in [6, 6.07) is 4.74. The molecule has 0 spiro atoms. The summed E-state index contributed by atoms with van der Waals surface area (Å²) in [5.41, 5.74) is 0.815. The van der Waals surface area contributed by atoms with Crippen LogP contribution in [0.2, 0.25) is 0 Å². The van der Waals surface area contributed by atoms with E-state index in [1.807, 2.05) is 6.92 Å². The van der Waals surface area contributed by atoms with Crippen LogP contribution < -0.4 is 15.0 Å². The summed E-state index contributed by atoms with van der Waals surface area (Å²) in [5.74, 6) is 0.0897. The van der Waals surface area contributed by atoms with E-state index in [9.17, 15) is 14.0 Å². The first kappa shape index (κ1) is 24.0. The van der Waals surface area contributed by atoms with Gasteiger partial charge >= 0.3 is 0 Å². The summed E-state index contributed by atoms with van der Waals surface area (Å²) in [4.78, 5) is 31.4. The fourth-order valence-electron chi connectivity index (χ4n) is 4.88. The number of nitrogens with zero attached hydrogens (tertiary/aromatic N) is 3. The van der Waals surface area contributed by atoms with Gasteiger partial charge in [-0.1, -0.05) is 20.3 Å². The second-order valence-electron chi connectivity index (χ2n) is 9.53. The number of hydrogen-bond acceptors (Lipinski definition) is 6. The Morgan fingerprint density at radius 2 is 1.85 bits per heavy atom. The molecule has 1 aliphatic carbocycles. The average Bonchev–Trinajstić information content (AvgIpc) is 2.98. The zero-order chi connectivity index (χ0) is 23.4. The summed E-state index contributed by atoms with van der Waals surface area (Å²) in [6.07, 6.45) is 5.06. The second kappa shape index (κ2) is 10.8. The van der Waals surface area contributed by atoms with Crippen molar-refractivity contribution in [2.45, 2.75) is 58.0 Å². The van der Waals surface area contributed by atoms with Gasteiger partial charge < -0.3 is 15.0 Å². The van der Waals surface area contributed by atoms with Gasteiger partial charge in [0.05, 0.1) is 24.3 Å². The maximum atomic E-state index is 13.9. The molecule has 1 N–H and O–H groups in total. The number of benzene rings is 1. The van der Waals surface area contributed by atoms with Gasteiger partial charge in [-0.3, -0.25) is 19.4 Å². The number of carbonyl (C=O) groups is 2. The number of piperazine rings is 1. The van der Waals surface area contributed by atoms with Crippen molar-refractivity contribution >= 4 is 17.5 Å². The van der Waals surface area contributed by atoms with E-state index in [0.717, 1.165) is 69.8 Å². The lowest BCUT2D eigenvalue weighted by Gasteiger charge is -2.37. The van der Waals surface area contributed by atoms with Gasteiger partial charge in [0.15, 0.2) is 0 Å². The van der Waals surface area contributed by atoms with E-state index in [0.29, 0.717) is 19.2 Å². The van der Waals surface area contributed by atoms with E-state index in [1.54, 1.807) is 12.1 Å². The van der Waals surface area contributed by atoms with E-state index < -0.39 is 0 Å². The second-order valence-corrected chi connectivity index (χ2v) is 9.53. The van der Waals surface area contributed by atoms with Crippen molar-refractivity contribution in [3.63, 3.8) is 0 Å². The molecule has 3 aliphatic rings. The molecule has 182 valence electrons. The minimum atomic E-state index is -0.360. The van der Waals surface area contributed by atoms with Gasteiger partial charge in [0.1, 0.15) is 11.6 Å². The summed E-state index contributed by atoms with van der Waals surface area (Å²) < 4.78 is 19.7. The molecule has 8 heteroatoms. The largest absolute Gasteiger partial charge is 0.491 e. The zero-order valence-corrected chi connectivity index (χ0v) is 19.9. The Labute approximate surface area is 196 Å². The summed E-state index contributed by atoms with van der Waals surface area (Å²) in [7, 11) is 0. The number of halogens is 1. The van der Waals surface area contributed by atoms with Crippen molar-refractivity contribution < 1.29 is 18.7 Å². The molecule has 0 aromatic heterocycles. The molecule has 1 saturated carbocycles. The monoisotopic (exact) mass is 460 g/mol. The van der Waals surface area contributed by atoms with Crippen LogP contribution in [0.1, 0.15) is 46.0 Å². The van der Waals surface area contributed by atoms with Gasteiger partial charge in [-0.05, 0) is 44.4 Å². The fourth-order valence-corrected chi connectivity index (χ4v) is 4.88. The Morgan fingerprint density at radius 3 is 2.52 bits per heavy atom. The highest BCUT2D eigenvalue weighted by molar-refractivity contribution is 6.06. The zero-order valence-electron chi connectivity index (χ0n) is 19.9. The number of hydrogen-bond donors (Lipinski definition) is 1. The van der Waals surface area contributed by atoms with E-state index >= 15 is 0 Å². The number of rotatable bonds is 10. The lowest BCUT2D eigenvalue weighted by Crippen LogP contribution is -2.48. The lowest BCUT2D eigenvalue weighted by molar-refractivity contribution is -0.139. The third-order valence-corrected chi connectivity index (χ3v) is 7.16. The van der Waals surface area contributed by atoms with Crippen LogP contribution in [-0.2, 0) is 9.59 Å². The Kier molecular flexibility index (Phi) is 7.86. The highest BCUT2D eigenvalue weighted by Crippen LogP contribution is 2.30. The summed E-state index contributed by atoms with van der Waals surface area (Å²) in [6.45, 7) is 9.13. The SMILES string of the molecule is CCCOc1ccc(F)cc1N1CCN(CCCN2C(=O)C(C)C(NC3CCC3)C2=O)CC1. The molecule has 2 atom stereocenters. The third-order valence-electron chi connectivity index (χ3n) is 7.16. The average molecular weight is 461 g/mol. The Bertz CT molecular complexity index is 839. The third kappa shape index (κ3) is 5.49. The lowest BCUT2D eigenvalue weighted by atomic mass is 9.91. The van der Waals surface area contributed by atoms with Gasteiger partial charge in [-0.25, -0.2) is 4.39 Å². The number of likely N-dealkylation sites (tertiary alicyclic amines) is 1. The van der Waals surface area contributed by atoms with E-state index in [4.69, 9.17) is 4.74 Å². The molecular formula is C25H37FN4O3. The number of amides is 2. The maximum Gasteiger partial charge on any atom is 0.247 e. The highest BCUT2D eigenvalue weighted by Gasteiger charge is 2.45. The van der Waals surface area contributed by atoms with Crippen LogP contribution in [0.5, 0.6) is 5.75 Å². The quantitative estimate of drug-likeness (QED) is 0.542. The topological polar surface area (TPSA) is 65.1 Å². The standard InChI is InChI=1S/C25H37FN4O3/c1-3-16-33-22-9-8-19(26)17-21(22)29-14-12-28(13-15-29)10-5-11-30-24(31)18(2)23(25(30)32)27-20-6-4-7-20/h8-9,17-18,20,23,27H,3-7,10-16H2,1-2H3. The van der Waals surface area contributed by atoms with Crippen molar-refractivity contribution in [2.24, 2.45) is 5.92 Å². The predicted molar refractivity (Wildman–Crippen MR) is 126 cm³/mol. The summed E-state index contributed by atoms with van der Waals surface area (Å²) >= 11 is 0. The molecule has 2 saturated heterocycles. The molecule has 3 fully saturated rings. The smallest absolute Gasteiger partial charge is 0.247 e. The van der Waals surface area contributed by atoms with Crippen LogP contribution in [0.3, 0.4) is 0 Å². The summed E-state index contributed by atoms with van der Waals surface area (Å²) in [5, 5.41) is 3.39. The van der Waals surface area contributed by atoms with Gasteiger partial charge in [-0.2, -0.15) is 0 Å². The molecule has 1 aromatic carbocycles. The fraction of sp³-hybridized carbons (Fsp3) is 0.680. The number of carbonyl (C=O) groups excluding carboxylic acids is 2. The molecule has 4 rings (SSSR count). The van der Waals surface area contributed by atoms with Crippen LogP contribution in [-0.4, -0.2) is 79.6 Å². The Balaban J connectivity index is 1.24. The van der Waals surface area contributed by atoms with Gasteiger partial charge in [0, 0.05) is 44.8 Å². The first-order chi connectivity index (χ1) is 16.0. The van der Waals surface area contributed by atoms with E-state index in [2.05, 4.69) is 22.0 Å². The van der Waals surface area contributed by atoms with Crippen molar-refractivity contribution in [3.8, 4) is 5.75 Å².